The van der Waals surface area contributed by atoms with Crippen LogP contribution >= 0.6 is 24.0 Å². The molecule has 0 aromatic heterocycles. The average Bonchev–Trinajstić information content (AvgIpc) is 2.51. The predicted octanol–water partition coefficient (Wildman–Crippen LogP) is 1.79. The van der Waals surface area contributed by atoms with E-state index in [4.69, 9.17) is 21.1 Å². The number of halogens is 2. The third-order valence-electron chi connectivity index (χ3n) is 2.87. The molecule has 1 aromatic rings. The Bertz CT molecular complexity index is 545. The van der Waals surface area contributed by atoms with Crippen molar-refractivity contribution in [1.82, 2.24) is 10.6 Å². The fraction of sp³-hybridized carbons (Fsp3) is 0.500. The second-order valence-electron chi connectivity index (χ2n) is 4.66. The molecule has 0 aliphatic heterocycles. The maximum Gasteiger partial charge on any atom is 0.312 e. The minimum Gasteiger partial charge on any atom is -0.474 e. The van der Waals surface area contributed by atoms with Crippen LogP contribution in [-0.2, 0) is 9.53 Å². The monoisotopic (exact) mass is 381 g/mol. The van der Waals surface area contributed by atoms with Crippen LogP contribution in [-0.4, -0.2) is 50.3 Å². The fourth-order valence-corrected chi connectivity index (χ4v) is 1.86. The first-order valence-electron chi connectivity index (χ1n) is 7.03. The number of nitro groups is 1. The molecule has 0 saturated heterocycles. The van der Waals surface area contributed by atoms with Crippen molar-refractivity contribution in [1.29, 1.82) is 0 Å². The van der Waals surface area contributed by atoms with Gasteiger partial charge in [0.2, 0.25) is 0 Å². The molecule has 8 nitrogen and oxygen atoms in total. The highest BCUT2D eigenvalue weighted by atomic mass is 35.5. The van der Waals surface area contributed by atoms with Gasteiger partial charge in [-0.1, -0.05) is 11.6 Å². The predicted molar refractivity (Wildman–Crippen MR) is 93.2 cm³/mol. The maximum absolute atomic E-state index is 11.9. The molecular formula is C14H21Cl2N3O5. The number of carbonyl (C=O) groups excluding carboxylic acids is 1. The molecular weight excluding hydrogens is 361 g/mol. The van der Waals surface area contributed by atoms with Crippen LogP contribution in [0.15, 0.2) is 18.2 Å². The lowest BCUT2D eigenvalue weighted by molar-refractivity contribution is -0.386. The molecule has 0 bridgehead atoms. The second kappa shape index (κ2) is 11.9. The van der Waals surface area contributed by atoms with Crippen LogP contribution in [0.3, 0.4) is 0 Å². The highest BCUT2D eigenvalue weighted by Gasteiger charge is 2.21. The molecule has 0 heterocycles. The molecule has 1 rings (SSSR count). The van der Waals surface area contributed by atoms with E-state index in [-0.39, 0.29) is 34.8 Å². The Morgan fingerprint density at radius 3 is 2.71 bits per heavy atom. The number of nitrogens with one attached hydrogen (secondary N) is 2. The Labute approximate surface area is 151 Å². The molecule has 10 heteroatoms. The maximum atomic E-state index is 11.9. The van der Waals surface area contributed by atoms with Gasteiger partial charge in [-0.05, 0) is 19.1 Å². The summed E-state index contributed by atoms with van der Waals surface area (Å²) in [4.78, 5) is 22.3. The molecule has 0 radical (unpaired) electrons. The van der Waals surface area contributed by atoms with Gasteiger partial charge in [0.05, 0.1) is 11.5 Å². The van der Waals surface area contributed by atoms with Crippen molar-refractivity contribution < 1.29 is 19.2 Å². The number of rotatable bonds is 10. The third kappa shape index (κ3) is 7.78. The minimum absolute atomic E-state index is 0. The molecule has 136 valence electrons. The van der Waals surface area contributed by atoms with Crippen molar-refractivity contribution in [2.24, 2.45) is 0 Å². The number of nitrogens with zero attached hydrogens (tertiary/aromatic N) is 1. The lowest BCUT2D eigenvalue weighted by Gasteiger charge is -2.15. The van der Waals surface area contributed by atoms with Gasteiger partial charge in [0.15, 0.2) is 11.9 Å². The van der Waals surface area contributed by atoms with Crippen molar-refractivity contribution in [2.45, 2.75) is 13.0 Å². The minimum atomic E-state index is -0.867. The Hall–Kier alpha value is -1.61. The normalized spacial score (nSPS) is 11.3. The quantitative estimate of drug-likeness (QED) is 0.363. The lowest BCUT2D eigenvalue weighted by atomic mass is 10.3. The van der Waals surface area contributed by atoms with Crippen molar-refractivity contribution >= 4 is 35.6 Å². The van der Waals surface area contributed by atoms with Crippen molar-refractivity contribution in [3.05, 3.63) is 33.3 Å². The van der Waals surface area contributed by atoms with Gasteiger partial charge in [-0.3, -0.25) is 14.9 Å². The van der Waals surface area contributed by atoms with Crippen LogP contribution in [0.4, 0.5) is 5.69 Å². The zero-order chi connectivity index (χ0) is 17.2. The summed E-state index contributed by atoms with van der Waals surface area (Å²) in [6.45, 7) is 3.80. The first-order chi connectivity index (χ1) is 11.0. The van der Waals surface area contributed by atoms with Gasteiger partial charge in [0.25, 0.3) is 5.91 Å². The second-order valence-corrected chi connectivity index (χ2v) is 5.10. The molecule has 1 aromatic carbocycles. The van der Waals surface area contributed by atoms with Crippen LogP contribution in [0.5, 0.6) is 5.75 Å². The number of hydrogen-bond acceptors (Lipinski definition) is 6. The van der Waals surface area contributed by atoms with Gasteiger partial charge in [-0.2, -0.15) is 0 Å². The topological polar surface area (TPSA) is 103 Å². The van der Waals surface area contributed by atoms with Crippen molar-refractivity contribution in [3.63, 3.8) is 0 Å². The Morgan fingerprint density at radius 1 is 1.38 bits per heavy atom. The van der Waals surface area contributed by atoms with E-state index in [1.54, 1.807) is 7.11 Å². The summed E-state index contributed by atoms with van der Waals surface area (Å²) in [6, 6.07) is 4.02. The van der Waals surface area contributed by atoms with E-state index < -0.39 is 11.0 Å². The number of hydrogen-bond donors (Lipinski definition) is 2. The summed E-state index contributed by atoms with van der Waals surface area (Å²) in [5.41, 5.74) is -0.279. The van der Waals surface area contributed by atoms with Crippen LogP contribution in [0.25, 0.3) is 0 Å². The molecule has 0 aliphatic carbocycles. The average molecular weight is 382 g/mol. The van der Waals surface area contributed by atoms with Crippen LogP contribution in [0.1, 0.15) is 6.92 Å². The van der Waals surface area contributed by atoms with Crippen LogP contribution in [0.2, 0.25) is 5.02 Å². The molecule has 1 unspecified atom stereocenters. The number of nitro benzene ring substituents is 1. The summed E-state index contributed by atoms with van der Waals surface area (Å²) in [6.07, 6.45) is -0.867. The Kier molecular flexibility index (Phi) is 11.1. The molecule has 1 amide bonds. The summed E-state index contributed by atoms with van der Waals surface area (Å²) in [5, 5.41) is 16.9. The Morgan fingerprint density at radius 2 is 2.08 bits per heavy atom. The summed E-state index contributed by atoms with van der Waals surface area (Å²) in [7, 11) is 1.61. The van der Waals surface area contributed by atoms with Gasteiger partial charge in [0, 0.05) is 37.8 Å². The van der Waals surface area contributed by atoms with Gasteiger partial charge < -0.3 is 20.1 Å². The SMILES string of the molecule is COCCNCCNC(=O)C(C)Oc1ccc(Cl)cc1[N+](=O)[O-].Cl. The van der Waals surface area contributed by atoms with Crippen LogP contribution < -0.4 is 15.4 Å². The third-order valence-corrected chi connectivity index (χ3v) is 3.11. The molecule has 0 spiro atoms. The lowest BCUT2D eigenvalue weighted by Crippen LogP contribution is -2.40. The van der Waals surface area contributed by atoms with Crippen molar-refractivity contribution in [3.8, 4) is 5.75 Å². The van der Waals surface area contributed by atoms with E-state index in [0.29, 0.717) is 26.2 Å². The zero-order valence-electron chi connectivity index (χ0n) is 13.4. The largest absolute Gasteiger partial charge is 0.474 e. The van der Waals surface area contributed by atoms with Gasteiger partial charge in [0.1, 0.15) is 0 Å². The summed E-state index contributed by atoms with van der Waals surface area (Å²) in [5.74, 6) is -0.358. The highest BCUT2D eigenvalue weighted by molar-refractivity contribution is 6.30. The first-order valence-corrected chi connectivity index (χ1v) is 7.41. The Balaban J connectivity index is 0.00000529. The molecule has 2 N–H and O–H groups in total. The number of ether oxygens (including phenoxy) is 2. The van der Waals surface area contributed by atoms with E-state index in [0.717, 1.165) is 0 Å². The van der Waals surface area contributed by atoms with Crippen LogP contribution in [0, 0.1) is 10.1 Å². The molecule has 1 atom stereocenters. The molecule has 0 aliphatic rings. The van der Waals surface area contributed by atoms with Gasteiger partial charge in [-0.15, -0.1) is 12.4 Å². The summed E-state index contributed by atoms with van der Waals surface area (Å²) >= 11 is 5.73. The van der Waals surface area contributed by atoms with Crippen molar-refractivity contribution in [2.75, 3.05) is 33.4 Å². The van der Waals surface area contributed by atoms with E-state index >= 15 is 0 Å². The highest BCUT2D eigenvalue weighted by Crippen LogP contribution is 2.30. The number of carbonyl (C=O) groups is 1. The van der Waals surface area contributed by atoms with E-state index in [9.17, 15) is 14.9 Å². The van der Waals surface area contributed by atoms with E-state index in [1.165, 1.54) is 25.1 Å². The van der Waals surface area contributed by atoms with Gasteiger partial charge in [-0.25, -0.2) is 0 Å². The fourth-order valence-electron chi connectivity index (χ4n) is 1.69. The van der Waals surface area contributed by atoms with E-state index in [1.807, 2.05) is 0 Å². The molecule has 0 saturated carbocycles. The zero-order valence-corrected chi connectivity index (χ0v) is 15.0. The number of methoxy groups -OCH3 is 1. The molecule has 24 heavy (non-hydrogen) atoms. The summed E-state index contributed by atoms with van der Waals surface area (Å²) < 4.78 is 10.2. The number of amides is 1. The first kappa shape index (κ1) is 22.4. The smallest absolute Gasteiger partial charge is 0.312 e. The standard InChI is InChI=1S/C14H20ClN3O5.ClH/c1-10(14(19)17-6-5-16-7-8-22-2)23-13-4-3-11(15)9-12(13)18(20)21;/h3-4,9-10,16H,5-8H2,1-2H3,(H,17,19);1H. The molecule has 0 fully saturated rings. The van der Waals surface area contributed by atoms with E-state index in [2.05, 4.69) is 10.6 Å². The number of benzene rings is 1. The van der Waals surface area contributed by atoms with Gasteiger partial charge >= 0.3 is 5.69 Å².